The maximum Gasteiger partial charge on any atom is 0.177 e. The highest BCUT2D eigenvalue weighted by molar-refractivity contribution is 6.31. The van der Waals surface area contributed by atoms with E-state index in [4.69, 9.17) is 23.2 Å². The number of aryl methyl sites for hydroxylation is 1. The van der Waals surface area contributed by atoms with Gasteiger partial charge in [0.05, 0.1) is 5.54 Å². The van der Waals surface area contributed by atoms with Gasteiger partial charge in [-0.15, -0.1) is 5.10 Å². The second-order valence-electron chi connectivity index (χ2n) is 9.06. The molecule has 0 spiro atoms. The molecule has 1 saturated carbocycles. The van der Waals surface area contributed by atoms with E-state index in [1.54, 1.807) is 0 Å². The van der Waals surface area contributed by atoms with Crippen molar-refractivity contribution in [3.05, 3.63) is 105 Å². The summed E-state index contributed by atoms with van der Waals surface area (Å²) in [5.74, 6) is 0.827. The molecular weight excluding hydrogens is 465 g/mol. The van der Waals surface area contributed by atoms with Crippen LogP contribution in [0.15, 0.2) is 72.8 Å². The zero-order valence-electron chi connectivity index (χ0n) is 19.1. The van der Waals surface area contributed by atoms with Gasteiger partial charge >= 0.3 is 0 Å². The molecule has 1 fully saturated rings. The molecule has 4 aromatic rings. The van der Waals surface area contributed by atoms with Crippen LogP contribution in [0.25, 0.3) is 0 Å². The predicted octanol–water partition coefficient (Wildman–Crippen LogP) is 7.20. The van der Waals surface area contributed by atoms with E-state index >= 15 is 0 Å². The van der Waals surface area contributed by atoms with Crippen LogP contribution in [0.1, 0.15) is 60.7 Å². The van der Waals surface area contributed by atoms with Gasteiger partial charge in [-0.25, -0.2) is 4.68 Å². The van der Waals surface area contributed by atoms with E-state index in [2.05, 4.69) is 52.0 Å². The number of rotatable bonds is 6. The fourth-order valence-electron chi connectivity index (χ4n) is 4.95. The van der Waals surface area contributed by atoms with Gasteiger partial charge in [-0.2, -0.15) is 0 Å². The number of aromatic nitrogens is 4. The predicted molar refractivity (Wildman–Crippen MR) is 138 cm³/mol. The highest BCUT2D eigenvalue weighted by Gasteiger charge is 2.41. The molecule has 1 aromatic heterocycles. The Morgan fingerprint density at radius 3 is 2.29 bits per heavy atom. The van der Waals surface area contributed by atoms with Gasteiger partial charge in [0.2, 0.25) is 0 Å². The number of tetrazole rings is 1. The molecule has 5 nitrogen and oxygen atoms in total. The van der Waals surface area contributed by atoms with Gasteiger partial charge in [0.1, 0.15) is 6.04 Å². The van der Waals surface area contributed by atoms with Crippen LogP contribution in [0, 0.1) is 6.92 Å². The fraction of sp³-hybridized carbons (Fsp3) is 0.296. The van der Waals surface area contributed by atoms with Gasteiger partial charge in [0.15, 0.2) is 5.82 Å². The molecule has 1 aliphatic carbocycles. The lowest BCUT2D eigenvalue weighted by Crippen LogP contribution is -2.41. The lowest BCUT2D eigenvalue weighted by Gasteiger charge is -2.38. The van der Waals surface area contributed by atoms with Gasteiger partial charge in [-0.3, -0.25) is 0 Å². The normalized spacial score (nSPS) is 16.2. The number of halogens is 2. The Morgan fingerprint density at radius 2 is 1.59 bits per heavy atom. The SMILES string of the molecule is Cc1ccc(NC2(c3nnnn3C(c3ccc(Cl)cc3)c3ccccc3Cl)CCCCC2)cc1. The van der Waals surface area contributed by atoms with E-state index in [0.29, 0.717) is 10.0 Å². The summed E-state index contributed by atoms with van der Waals surface area (Å²) in [4.78, 5) is 0. The van der Waals surface area contributed by atoms with Crippen LogP contribution in [0.2, 0.25) is 10.0 Å². The van der Waals surface area contributed by atoms with Crippen LogP contribution in [-0.4, -0.2) is 20.2 Å². The average Bonchev–Trinajstić information content (AvgIpc) is 3.34. The summed E-state index contributed by atoms with van der Waals surface area (Å²) in [6.07, 6.45) is 5.35. The number of anilines is 1. The Labute approximate surface area is 210 Å². The molecule has 0 aliphatic heterocycles. The van der Waals surface area contributed by atoms with Crippen molar-refractivity contribution in [3.63, 3.8) is 0 Å². The maximum absolute atomic E-state index is 6.71. The first-order chi connectivity index (χ1) is 16.6. The van der Waals surface area contributed by atoms with Crippen molar-refractivity contribution in [1.82, 2.24) is 20.2 Å². The van der Waals surface area contributed by atoms with Crippen molar-refractivity contribution >= 4 is 28.9 Å². The molecule has 0 amide bonds. The molecule has 0 radical (unpaired) electrons. The molecule has 1 aliphatic rings. The first-order valence-electron chi connectivity index (χ1n) is 11.7. The molecule has 174 valence electrons. The summed E-state index contributed by atoms with van der Waals surface area (Å²) in [5, 5.41) is 18.5. The highest BCUT2D eigenvalue weighted by Crippen LogP contribution is 2.42. The zero-order valence-corrected chi connectivity index (χ0v) is 20.6. The van der Waals surface area contributed by atoms with Crippen LogP contribution < -0.4 is 5.32 Å². The summed E-state index contributed by atoms with van der Waals surface area (Å²) >= 11 is 12.9. The Bertz CT molecular complexity index is 1240. The molecule has 5 rings (SSSR count). The molecule has 1 atom stereocenters. The van der Waals surface area contributed by atoms with Crippen LogP contribution in [0.3, 0.4) is 0 Å². The molecule has 7 heteroatoms. The molecular formula is C27H27Cl2N5. The average molecular weight is 492 g/mol. The minimum Gasteiger partial charge on any atom is -0.373 e. The van der Waals surface area contributed by atoms with Crippen molar-refractivity contribution in [2.45, 2.75) is 50.6 Å². The Kier molecular flexibility index (Phi) is 6.57. The second kappa shape index (κ2) is 9.77. The smallest absolute Gasteiger partial charge is 0.177 e. The van der Waals surface area contributed by atoms with Crippen molar-refractivity contribution in [2.75, 3.05) is 5.32 Å². The maximum atomic E-state index is 6.71. The van der Waals surface area contributed by atoms with E-state index in [1.807, 2.05) is 53.2 Å². The third-order valence-electron chi connectivity index (χ3n) is 6.69. The van der Waals surface area contributed by atoms with Crippen LogP contribution in [-0.2, 0) is 5.54 Å². The van der Waals surface area contributed by atoms with Gasteiger partial charge in [0.25, 0.3) is 0 Å². The standard InChI is InChI=1S/C27H27Cl2N5/c1-19-9-15-22(16-10-19)30-27(17-5-2-6-18-27)26-31-32-33-34(26)25(20-11-13-21(28)14-12-20)23-7-3-4-8-24(23)29/h3-4,7-16,25,30H,2,5-6,17-18H2,1H3. The lowest BCUT2D eigenvalue weighted by molar-refractivity contribution is 0.298. The lowest BCUT2D eigenvalue weighted by atomic mass is 9.80. The number of hydrogen-bond acceptors (Lipinski definition) is 4. The Hall–Kier alpha value is -2.89. The number of nitrogens with zero attached hydrogens (tertiary/aromatic N) is 4. The third-order valence-corrected chi connectivity index (χ3v) is 7.29. The molecule has 1 heterocycles. The van der Waals surface area contributed by atoms with E-state index in [0.717, 1.165) is 48.3 Å². The van der Waals surface area contributed by atoms with Crippen LogP contribution in [0.4, 0.5) is 5.69 Å². The molecule has 0 bridgehead atoms. The fourth-order valence-corrected chi connectivity index (χ4v) is 5.32. The topological polar surface area (TPSA) is 55.6 Å². The number of hydrogen-bond donors (Lipinski definition) is 1. The van der Waals surface area contributed by atoms with Gasteiger partial charge in [-0.05, 0) is 71.7 Å². The molecule has 1 unspecified atom stereocenters. The van der Waals surface area contributed by atoms with E-state index in [1.165, 1.54) is 12.0 Å². The zero-order chi connectivity index (χ0) is 23.5. The molecule has 34 heavy (non-hydrogen) atoms. The summed E-state index contributed by atoms with van der Waals surface area (Å²) < 4.78 is 1.94. The minimum atomic E-state index is -0.372. The molecule has 0 saturated heterocycles. The van der Waals surface area contributed by atoms with Gasteiger partial charge in [0, 0.05) is 15.7 Å². The number of benzene rings is 3. The van der Waals surface area contributed by atoms with Gasteiger partial charge in [-0.1, -0.05) is 90.5 Å². The highest BCUT2D eigenvalue weighted by atomic mass is 35.5. The van der Waals surface area contributed by atoms with Gasteiger partial charge < -0.3 is 5.32 Å². The van der Waals surface area contributed by atoms with Crippen molar-refractivity contribution in [3.8, 4) is 0 Å². The van der Waals surface area contributed by atoms with E-state index in [-0.39, 0.29) is 11.6 Å². The van der Waals surface area contributed by atoms with Crippen molar-refractivity contribution < 1.29 is 0 Å². The Morgan fingerprint density at radius 1 is 0.882 bits per heavy atom. The number of nitrogens with one attached hydrogen (secondary N) is 1. The summed E-state index contributed by atoms with van der Waals surface area (Å²) in [5.41, 5.74) is 3.90. The largest absolute Gasteiger partial charge is 0.373 e. The quantitative estimate of drug-likeness (QED) is 0.309. The summed E-state index contributed by atoms with van der Waals surface area (Å²) in [6.45, 7) is 2.10. The Balaban J connectivity index is 1.65. The minimum absolute atomic E-state index is 0.283. The molecule has 1 N–H and O–H groups in total. The van der Waals surface area contributed by atoms with Crippen molar-refractivity contribution in [1.29, 1.82) is 0 Å². The van der Waals surface area contributed by atoms with E-state index in [9.17, 15) is 0 Å². The summed E-state index contributed by atoms with van der Waals surface area (Å²) in [7, 11) is 0. The third kappa shape index (κ3) is 4.55. The van der Waals surface area contributed by atoms with Crippen molar-refractivity contribution in [2.24, 2.45) is 0 Å². The first kappa shape index (κ1) is 22.9. The monoisotopic (exact) mass is 491 g/mol. The molecule has 3 aromatic carbocycles. The van der Waals surface area contributed by atoms with E-state index < -0.39 is 0 Å². The second-order valence-corrected chi connectivity index (χ2v) is 9.90. The van der Waals surface area contributed by atoms with Crippen LogP contribution >= 0.6 is 23.2 Å². The van der Waals surface area contributed by atoms with Crippen LogP contribution in [0.5, 0.6) is 0 Å². The summed E-state index contributed by atoms with van der Waals surface area (Å²) in [6, 6.07) is 23.9. The first-order valence-corrected chi connectivity index (χ1v) is 12.4.